The number of carbonyl (C=O) groups is 4. The van der Waals surface area contributed by atoms with Crippen LogP contribution in [-0.2, 0) is 23.9 Å². The molecule has 0 radical (unpaired) electrons. The molecular formula is C16H28N2O6. The van der Waals surface area contributed by atoms with E-state index in [1.54, 1.807) is 34.6 Å². The molecule has 0 aliphatic carbocycles. The van der Waals surface area contributed by atoms with Gasteiger partial charge in [-0.05, 0) is 26.7 Å². The number of esters is 1. The molecule has 0 heterocycles. The van der Waals surface area contributed by atoms with Gasteiger partial charge in [-0.1, -0.05) is 13.8 Å². The monoisotopic (exact) mass is 344 g/mol. The molecule has 0 aromatic carbocycles. The van der Waals surface area contributed by atoms with Crippen LogP contribution >= 0.6 is 0 Å². The number of hydrogen-bond donors (Lipinski definition) is 2. The summed E-state index contributed by atoms with van der Waals surface area (Å²) in [4.78, 5) is 46.4. The molecular weight excluding hydrogens is 316 g/mol. The molecule has 0 spiro atoms. The van der Waals surface area contributed by atoms with Crippen LogP contribution in [0.25, 0.3) is 0 Å². The number of nitrogens with one attached hydrogen (secondary N) is 2. The average Bonchev–Trinajstić information content (AvgIpc) is 2.42. The highest BCUT2D eigenvalue weighted by Gasteiger charge is 2.26. The number of alkyl carbamates (subject to hydrolysis) is 1. The predicted molar refractivity (Wildman–Crippen MR) is 87.3 cm³/mol. The van der Waals surface area contributed by atoms with E-state index in [-0.39, 0.29) is 31.1 Å². The molecule has 0 unspecified atom stereocenters. The lowest BCUT2D eigenvalue weighted by atomic mass is 10.0. The Morgan fingerprint density at radius 3 is 2.12 bits per heavy atom. The van der Waals surface area contributed by atoms with Crippen LogP contribution in [0.4, 0.5) is 4.79 Å². The van der Waals surface area contributed by atoms with Crippen molar-refractivity contribution in [2.75, 3.05) is 13.7 Å². The topological polar surface area (TPSA) is 111 Å². The van der Waals surface area contributed by atoms with Crippen molar-refractivity contribution in [2.24, 2.45) is 5.92 Å². The first-order valence-corrected chi connectivity index (χ1v) is 7.82. The van der Waals surface area contributed by atoms with E-state index in [0.717, 1.165) is 0 Å². The van der Waals surface area contributed by atoms with Crippen LogP contribution in [-0.4, -0.2) is 49.1 Å². The van der Waals surface area contributed by atoms with E-state index in [1.165, 1.54) is 7.11 Å². The number of rotatable bonds is 8. The summed E-state index contributed by atoms with van der Waals surface area (Å²) in [6.07, 6.45) is -0.994. The molecule has 0 saturated carbocycles. The summed E-state index contributed by atoms with van der Waals surface area (Å²) in [5.41, 5.74) is -0.664. The van der Waals surface area contributed by atoms with Crippen molar-refractivity contribution in [1.82, 2.24) is 10.6 Å². The van der Waals surface area contributed by atoms with Crippen LogP contribution < -0.4 is 10.6 Å². The molecule has 138 valence electrons. The van der Waals surface area contributed by atoms with E-state index in [2.05, 4.69) is 15.4 Å². The first-order chi connectivity index (χ1) is 11.0. The van der Waals surface area contributed by atoms with E-state index in [0.29, 0.717) is 0 Å². The third-order valence-corrected chi connectivity index (χ3v) is 2.89. The van der Waals surface area contributed by atoms with Gasteiger partial charge in [0, 0.05) is 13.0 Å². The highest BCUT2D eigenvalue weighted by Crippen LogP contribution is 2.09. The van der Waals surface area contributed by atoms with Crippen LogP contribution in [0.3, 0.4) is 0 Å². The minimum absolute atomic E-state index is 0.0120. The Morgan fingerprint density at radius 2 is 1.67 bits per heavy atom. The zero-order chi connectivity index (χ0) is 18.9. The Morgan fingerprint density at radius 1 is 1.08 bits per heavy atom. The van der Waals surface area contributed by atoms with E-state index in [1.807, 2.05) is 0 Å². The molecule has 0 aromatic rings. The minimum Gasteiger partial charge on any atom is -0.469 e. The van der Waals surface area contributed by atoms with Crippen LogP contribution in [0.15, 0.2) is 0 Å². The quantitative estimate of drug-likeness (QED) is 0.505. The van der Waals surface area contributed by atoms with E-state index < -0.39 is 29.6 Å². The largest absolute Gasteiger partial charge is 0.469 e. The van der Waals surface area contributed by atoms with Gasteiger partial charge >= 0.3 is 12.1 Å². The van der Waals surface area contributed by atoms with Crippen LogP contribution in [0.5, 0.6) is 0 Å². The second-order valence-electron chi connectivity index (χ2n) is 6.70. The molecule has 0 aliphatic rings. The summed E-state index contributed by atoms with van der Waals surface area (Å²) in [5.74, 6) is -1.52. The fourth-order valence-corrected chi connectivity index (χ4v) is 1.73. The summed E-state index contributed by atoms with van der Waals surface area (Å²) < 4.78 is 9.52. The van der Waals surface area contributed by atoms with Crippen molar-refractivity contribution in [2.45, 2.75) is 59.1 Å². The summed E-state index contributed by atoms with van der Waals surface area (Å²) >= 11 is 0. The van der Waals surface area contributed by atoms with Crippen molar-refractivity contribution >= 4 is 23.8 Å². The van der Waals surface area contributed by atoms with Crippen molar-refractivity contribution in [3.8, 4) is 0 Å². The number of methoxy groups -OCH3 is 1. The Bertz CT molecular complexity index is 468. The number of amides is 2. The molecule has 2 N–H and O–H groups in total. The Hall–Kier alpha value is -2.12. The smallest absolute Gasteiger partial charge is 0.408 e. The van der Waals surface area contributed by atoms with Crippen LogP contribution in [0.2, 0.25) is 0 Å². The molecule has 1 atom stereocenters. The first kappa shape index (κ1) is 21.9. The van der Waals surface area contributed by atoms with E-state index >= 15 is 0 Å². The number of Topliss-reactive ketones (excluding diaryl/α,β-unsaturated/α-hetero) is 1. The fourth-order valence-electron chi connectivity index (χ4n) is 1.73. The molecule has 0 saturated heterocycles. The van der Waals surface area contributed by atoms with E-state index in [4.69, 9.17) is 4.74 Å². The van der Waals surface area contributed by atoms with Gasteiger partial charge in [-0.2, -0.15) is 0 Å². The molecule has 8 nitrogen and oxygen atoms in total. The zero-order valence-corrected chi connectivity index (χ0v) is 15.2. The van der Waals surface area contributed by atoms with Crippen LogP contribution in [0, 0.1) is 5.92 Å². The first-order valence-electron chi connectivity index (χ1n) is 7.82. The second-order valence-corrected chi connectivity index (χ2v) is 6.70. The maximum absolute atomic E-state index is 12.2. The van der Waals surface area contributed by atoms with Gasteiger partial charge in [-0.25, -0.2) is 4.79 Å². The maximum Gasteiger partial charge on any atom is 0.408 e. The minimum atomic E-state index is -0.782. The van der Waals surface area contributed by atoms with Crippen molar-refractivity contribution in [3.05, 3.63) is 0 Å². The summed E-state index contributed by atoms with van der Waals surface area (Å²) in [5, 5.41) is 5.09. The van der Waals surface area contributed by atoms with E-state index in [9.17, 15) is 19.2 Å². The Labute approximate surface area is 142 Å². The molecule has 24 heavy (non-hydrogen) atoms. The molecule has 0 aliphatic heterocycles. The lowest BCUT2D eigenvalue weighted by molar-refractivity contribution is -0.143. The lowest BCUT2D eigenvalue weighted by Gasteiger charge is -2.25. The third kappa shape index (κ3) is 9.81. The highest BCUT2D eigenvalue weighted by atomic mass is 16.6. The standard InChI is InChI=1S/C16H28N2O6/c1-10(2)13(18-15(22)24-16(3,4)5)14(21)17-8-7-11(19)9-12(20)23-6/h10,13H,7-9H2,1-6H3,(H,17,21)(H,18,22)/t13-/m0/s1. The van der Waals surface area contributed by atoms with Gasteiger partial charge in [0.1, 0.15) is 23.8 Å². The van der Waals surface area contributed by atoms with Gasteiger partial charge in [0.2, 0.25) is 5.91 Å². The van der Waals surface area contributed by atoms with Crippen molar-refractivity contribution in [3.63, 3.8) is 0 Å². The summed E-state index contributed by atoms with van der Waals surface area (Å²) in [6.45, 7) is 8.82. The number of carbonyl (C=O) groups excluding carboxylic acids is 4. The summed E-state index contributed by atoms with van der Waals surface area (Å²) in [6, 6.07) is -0.782. The Balaban J connectivity index is 4.43. The van der Waals surface area contributed by atoms with Gasteiger partial charge in [-0.3, -0.25) is 14.4 Å². The third-order valence-electron chi connectivity index (χ3n) is 2.89. The predicted octanol–water partition coefficient (Wildman–Crippen LogP) is 1.17. The van der Waals surface area contributed by atoms with Gasteiger partial charge in [0.25, 0.3) is 0 Å². The van der Waals surface area contributed by atoms with Crippen molar-refractivity contribution in [1.29, 1.82) is 0 Å². The molecule has 0 bridgehead atoms. The molecule has 8 heteroatoms. The number of ketones is 1. The molecule has 2 amide bonds. The van der Waals surface area contributed by atoms with Gasteiger partial charge in [0.05, 0.1) is 7.11 Å². The fraction of sp³-hybridized carbons (Fsp3) is 0.750. The lowest BCUT2D eigenvalue weighted by Crippen LogP contribution is -2.51. The average molecular weight is 344 g/mol. The normalized spacial score (nSPS) is 12.3. The molecule has 0 rings (SSSR count). The van der Waals surface area contributed by atoms with Gasteiger partial charge in [-0.15, -0.1) is 0 Å². The maximum atomic E-state index is 12.2. The highest BCUT2D eigenvalue weighted by molar-refractivity contribution is 5.95. The zero-order valence-electron chi connectivity index (χ0n) is 15.2. The molecule has 0 aromatic heterocycles. The second kappa shape index (κ2) is 9.89. The van der Waals surface area contributed by atoms with Gasteiger partial charge < -0.3 is 20.1 Å². The van der Waals surface area contributed by atoms with Gasteiger partial charge in [0.15, 0.2) is 0 Å². The van der Waals surface area contributed by atoms with Crippen LogP contribution in [0.1, 0.15) is 47.5 Å². The van der Waals surface area contributed by atoms with Crippen molar-refractivity contribution < 1.29 is 28.7 Å². The molecule has 0 fully saturated rings. The Kier molecular flexibility index (Phi) is 9.02. The summed E-state index contributed by atoms with van der Waals surface area (Å²) in [7, 11) is 1.20. The number of hydrogen-bond acceptors (Lipinski definition) is 6. The SMILES string of the molecule is COC(=O)CC(=O)CCNC(=O)[C@@H](NC(=O)OC(C)(C)C)C(C)C. The number of ether oxygens (including phenoxy) is 2.